The summed E-state index contributed by atoms with van der Waals surface area (Å²) in [6, 6.07) is 15.2. The Balaban J connectivity index is 1.67. The van der Waals surface area contributed by atoms with E-state index in [-0.39, 0.29) is 21.7 Å². The number of hydrogen-bond donors (Lipinski definition) is 0. The Morgan fingerprint density at radius 2 is 1.71 bits per heavy atom. The largest absolute Gasteiger partial charge is 0.435 e. The molecule has 1 aromatic heterocycles. The molecule has 0 saturated heterocycles. The molecule has 0 unspecified atom stereocenters. The summed E-state index contributed by atoms with van der Waals surface area (Å²) in [7, 11) is -4.08. The van der Waals surface area contributed by atoms with E-state index in [9.17, 15) is 8.42 Å². The fourth-order valence-electron chi connectivity index (χ4n) is 2.75. The Morgan fingerprint density at radius 3 is 2.43 bits per heavy atom. The Kier molecular flexibility index (Phi) is 4.95. The van der Waals surface area contributed by atoms with Crippen molar-refractivity contribution in [2.75, 3.05) is 0 Å². The highest BCUT2D eigenvalue weighted by atomic mass is 35.5. The summed E-state index contributed by atoms with van der Waals surface area (Å²) >= 11 is 5.90. The maximum atomic E-state index is 12.6. The van der Waals surface area contributed by atoms with Crippen LogP contribution in [0.3, 0.4) is 0 Å². The number of hydrogen-bond acceptors (Lipinski definition) is 6. The molecule has 2 aromatic carbocycles. The van der Waals surface area contributed by atoms with Gasteiger partial charge in [0.25, 0.3) is 5.88 Å². The molecule has 6 nitrogen and oxygen atoms in total. The molecule has 1 aliphatic rings. The van der Waals surface area contributed by atoms with E-state index < -0.39 is 10.1 Å². The lowest BCUT2D eigenvalue weighted by molar-refractivity contribution is 0.412. The van der Waals surface area contributed by atoms with Crippen molar-refractivity contribution < 1.29 is 17.3 Å². The first kappa shape index (κ1) is 18.7. The van der Waals surface area contributed by atoms with Crippen molar-refractivity contribution in [1.29, 1.82) is 0 Å². The van der Waals surface area contributed by atoms with E-state index in [1.807, 2.05) is 31.2 Å². The molecular formula is C20H17ClN2O4S. The van der Waals surface area contributed by atoms with E-state index in [4.69, 9.17) is 20.5 Å². The molecule has 4 rings (SSSR count). The first-order chi connectivity index (χ1) is 13.4. The molecule has 0 N–H and O–H groups in total. The zero-order valence-electron chi connectivity index (χ0n) is 15.0. The number of aromatic nitrogens is 2. The summed E-state index contributed by atoms with van der Waals surface area (Å²) in [4.78, 5) is 0.0235. The minimum absolute atomic E-state index is 0.00284. The number of halogens is 1. The Morgan fingerprint density at radius 1 is 1.00 bits per heavy atom. The van der Waals surface area contributed by atoms with Gasteiger partial charge in [0.1, 0.15) is 10.6 Å². The van der Waals surface area contributed by atoms with Gasteiger partial charge in [-0.05, 0) is 49.4 Å². The van der Waals surface area contributed by atoms with Gasteiger partial charge in [-0.1, -0.05) is 47.5 Å². The topological polar surface area (TPSA) is 78.4 Å². The average Bonchev–Trinajstić information content (AvgIpc) is 3.49. The first-order valence-corrected chi connectivity index (χ1v) is 10.5. The van der Waals surface area contributed by atoms with E-state index in [2.05, 4.69) is 10.2 Å². The smallest absolute Gasteiger partial charge is 0.339 e. The van der Waals surface area contributed by atoms with E-state index in [1.165, 1.54) is 18.2 Å². The Bertz CT molecular complexity index is 1110. The monoisotopic (exact) mass is 416 g/mol. The predicted molar refractivity (Wildman–Crippen MR) is 105 cm³/mol. The molecule has 1 aliphatic carbocycles. The normalized spacial score (nSPS) is 13.9. The number of para-hydroxylation sites is 1. The lowest BCUT2D eigenvalue weighted by atomic mass is 10.1. The second-order valence-electron chi connectivity index (χ2n) is 6.60. The van der Waals surface area contributed by atoms with Crippen molar-refractivity contribution in [3.63, 3.8) is 0 Å². The zero-order chi connectivity index (χ0) is 19.7. The summed E-state index contributed by atoms with van der Waals surface area (Å²) in [6.07, 6.45) is 2.19. The molecule has 0 amide bonds. The van der Waals surface area contributed by atoms with Crippen molar-refractivity contribution >= 4 is 21.7 Å². The molecule has 0 aliphatic heterocycles. The van der Waals surface area contributed by atoms with Gasteiger partial charge >= 0.3 is 10.1 Å². The van der Waals surface area contributed by atoms with Crippen LogP contribution < -0.4 is 8.92 Å². The van der Waals surface area contributed by atoms with Gasteiger partial charge in [0.05, 0.1) is 0 Å². The van der Waals surface area contributed by atoms with Gasteiger partial charge in [0.15, 0.2) is 5.15 Å². The van der Waals surface area contributed by atoms with Crippen molar-refractivity contribution in [1.82, 2.24) is 10.2 Å². The van der Waals surface area contributed by atoms with Crippen molar-refractivity contribution in [3.8, 4) is 17.4 Å². The molecule has 1 saturated carbocycles. The van der Waals surface area contributed by atoms with Gasteiger partial charge in [-0.25, -0.2) is 0 Å². The van der Waals surface area contributed by atoms with Crippen LogP contribution in [0.25, 0.3) is 0 Å². The SMILES string of the molecule is Cc1ccc(S(=O)(=O)Oc2cc(Cl)nnc2Oc2ccccc2C2CC2)cc1. The average molecular weight is 417 g/mol. The number of aryl methyl sites for hydroxylation is 1. The molecule has 0 atom stereocenters. The number of ether oxygens (including phenoxy) is 1. The minimum Gasteiger partial charge on any atom is -0.435 e. The van der Waals surface area contributed by atoms with Gasteiger partial charge in [-0.2, -0.15) is 8.42 Å². The standard InChI is InChI=1S/C20H17ClN2O4S/c1-13-6-10-15(11-7-13)28(24,25)27-18-12-19(21)22-23-20(18)26-17-5-3-2-4-16(17)14-8-9-14/h2-7,10-12,14H,8-9H2,1H3. The van der Waals surface area contributed by atoms with Gasteiger partial charge < -0.3 is 8.92 Å². The third kappa shape index (κ3) is 4.10. The Hall–Kier alpha value is -2.64. The van der Waals surface area contributed by atoms with Crippen LogP contribution in [0, 0.1) is 6.92 Å². The molecule has 1 heterocycles. The van der Waals surface area contributed by atoms with Crippen LogP contribution in [0.15, 0.2) is 59.5 Å². The first-order valence-electron chi connectivity index (χ1n) is 8.73. The quantitative estimate of drug-likeness (QED) is 0.533. The van der Waals surface area contributed by atoms with E-state index in [0.29, 0.717) is 11.7 Å². The van der Waals surface area contributed by atoms with Crippen LogP contribution in [0.1, 0.15) is 29.9 Å². The number of benzene rings is 2. The highest BCUT2D eigenvalue weighted by Gasteiger charge is 2.28. The van der Waals surface area contributed by atoms with Crippen LogP contribution in [-0.4, -0.2) is 18.6 Å². The van der Waals surface area contributed by atoms with Crippen molar-refractivity contribution in [3.05, 3.63) is 70.9 Å². The van der Waals surface area contributed by atoms with E-state index >= 15 is 0 Å². The second kappa shape index (κ2) is 7.41. The van der Waals surface area contributed by atoms with E-state index in [1.54, 1.807) is 12.1 Å². The van der Waals surface area contributed by atoms with E-state index in [0.717, 1.165) is 24.0 Å². The molecule has 0 radical (unpaired) electrons. The van der Waals surface area contributed by atoms with Crippen LogP contribution in [0.2, 0.25) is 5.15 Å². The molecule has 144 valence electrons. The number of rotatable bonds is 6. The molecule has 8 heteroatoms. The third-order valence-corrected chi connectivity index (χ3v) is 5.78. The zero-order valence-corrected chi connectivity index (χ0v) is 16.6. The summed E-state index contributed by atoms with van der Waals surface area (Å²) in [5, 5.41) is 7.65. The highest BCUT2D eigenvalue weighted by molar-refractivity contribution is 7.87. The maximum absolute atomic E-state index is 12.6. The molecule has 3 aromatic rings. The summed E-state index contributed by atoms with van der Waals surface area (Å²) < 4.78 is 36.5. The van der Waals surface area contributed by atoms with Crippen molar-refractivity contribution in [2.24, 2.45) is 0 Å². The predicted octanol–water partition coefficient (Wildman–Crippen LogP) is 4.88. The molecule has 0 spiro atoms. The van der Waals surface area contributed by atoms with Gasteiger partial charge in [0, 0.05) is 6.07 Å². The maximum Gasteiger partial charge on any atom is 0.339 e. The number of nitrogens with zero attached hydrogens (tertiary/aromatic N) is 2. The van der Waals surface area contributed by atoms with Crippen molar-refractivity contribution in [2.45, 2.75) is 30.6 Å². The summed E-state index contributed by atoms with van der Waals surface area (Å²) in [5.74, 6) is 0.857. The summed E-state index contributed by atoms with van der Waals surface area (Å²) in [6.45, 7) is 1.87. The molecular weight excluding hydrogens is 400 g/mol. The van der Waals surface area contributed by atoms with Gasteiger partial charge in [-0.15, -0.1) is 10.2 Å². The fraction of sp³-hybridized carbons (Fsp3) is 0.200. The lowest BCUT2D eigenvalue weighted by Crippen LogP contribution is -2.11. The Labute approximate surface area is 168 Å². The van der Waals surface area contributed by atoms with Crippen LogP contribution in [0.4, 0.5) is 0 Å². The van der Waals surface area contributed by atoms with Crippen LogP contribution in [-0.2, 0) is 10.1 Å². The lowest BCUT2D eigenvalue weighted by Gasteiger charge is -2.13. The minimum atomic E-state index is -4.08. The highest BCUT2D eigenvalue weighted by Crippen LogP contribution is 2.45. The molecule has 28 heavy (non-hydrogen) atoms. The van der Waals surface area contributed by atoms with Crippen LogP contribution >= 0.6 is 11.6 Å². The molecule has 0 bridgehead atoms. The second-order valence-corrected chi connectivity index (χ2v) is 8.53. The molecule has 1 fully saturated rings. The van der Waals surface area contributed by atoms with Crippen LogP contribution in [0.5, 0.6) is 17.4 Å². The van der Waals surface area contributed by atoms with Gasteiger partial charge in [0.2, 0.25) is 5.75 Å². The third-order valence-electron chi connectivity index (χ3n) is 4.35. The van der Waals surface area contributed by atoms with Gasteiger partial charge in [-0.3, -0.25) is 0 Å². The summed E-state index contributed by atoms with van der Waals surface area (Å²) in [5.41, 5.74) is 1.99. The fourth-order valence-corrected chi connectivity index (χ4v) is 3.81.